The molecule has 3 fully saturated rings. The van der Waals surface area contributed by atoms with Crippen LogP contribution in [0, 0.1) is 11.8 Å². The first kappa shape index (κ1) is 65.4. The number of carbonyl (C=O) groups excluding carboxylic acids is 7. The Morgan fingerprint density at radius 1 is 0.713 bits per heavy atom. The monoisotopic (exact) mass is 1140 g/mol. The average molecular weight is 1140 g/mol. The first-order chi connectivity index (χ1) is 38.0. The van der Waals surface area contributed by atoms with Crippen molar-refractivity contribution >= 4 is 53.1 Å². The van der Waals surface area contributed by atoms with Crippen molar-refractivity contribution < 1.29 is 74.4 Å². The molecule has 0 aliphatic carbocycles. The number of benzene rings is 2. The van der Waals surface area contributed by atoms with Gasteiger partial charge in [0.05, 0.1) is 30.5 Å². The lowest BCUT2D eigenvalue weighted by atomic mass is 9.91. The average Bonchev–Trinajstić information content (AvgIpc) is 4.03. The second-order valence-corrected chi connectivity index (χ2v) is 23.1. The number of nitrogens with one attached hydrogen (secondary N) is 5. The number of nitrogens with zero attached hydrogens (tertiary/aromatic N) is 2. The zero-order valence-electron chi connectivity index (χ0n) is 46.3. The predicted molar refractivity (Wildman–Crippen MR) is 295 cm³/mol. The van der Waals surface area contributed by atoms with E-state index < -0.39 is 145 Å². The number of phenols is 1. The summed E-state index contributed by atoms with van der Waals surface area (Å²) in [5, 5.41) is 101. The molecule has 0 radical (unpaired) electrons. The third-order valence-corrected chi connectivity index (χ3v) is 16.6. The normalized spacial score (nSPS) is 27.9. The molecule has 1 unspecified atom stereocenters. The van der Waals surface area contributed by atoms with E-state index in [1.165, 1.54) is 37.6 Å². The first-order valence-corrected chi connectivity index (χ1v) is 29.0. The van der Waals surface area contributed by atoms with E-state index in [4.69, 9.17) is 5.73 Å². The van der Waals surface area contributed by atoms with E-state index in [2.05, 4.69) is 47.4 Å². The molecule has 5 rings (SSSR count). The fraction of sp³-hybridized carbons (Fsp3) is 0.661. The van der Waals surface area contributed by atoms with Crippen molar-refractivity contribution in [3.8, 4) is 5.75 Å². The summed E-state index contributed by atoms with van der Waals surface area (Å²) in [6, 6.07) is 2.11. The van der Waals surface area contributed by atoms with Gasteiger partial charge in [-0.2, -0.15) is 0 Å². The molecule has 3 aliphatic rings. The van der Waals surface area contributed by atoms with Crippen molar-refractivity contribution in [1.82, 2.24) is 36.4 Å². The molecule has 0 aromatic heterocycles. The maximum absolute atomic E-state index is 14.7. The smallest absolute Gasteiger partial charge is 0.248 e. The number of thioether (sulfide) groups is 1. The molecule has 0 bridgehead atoms. The molecule has 3 saturated heterocycles. The SMILES string of the molecule is CC[C@H](C)C[C@H](C)CCCCCCCCC(=O)N[C@H]1C[C@@H](O)C(Sc2ccccc2)NC(=O)[C@@H]2[C@@H](O)CCN2C(=O)[C@H]([C@H](O)CCN)NC(=O)[C@H]([C@H](O)[C@@H](O)c2ccc(O)cc2)NC(=O)[C@@H]2C[C@@H](O)CN2C(=O)[C@H]([C@@H](C)O)NC1=O. The fourth-order valence-corrected chi connectivity index (χ4v) is 11.6. The van der Waals surface area contributed by atoms with Crippen LogP contribution < -0.4 is 32.3 Å². The Bertz CT molecular complexity index is 2340. The van der Waals surface area contributed by atoms with Gasteiger partial charge in [0.25, 0.3) is 0 Å². The minimum Gasteiger partial charge on any atom is -0.508 e. The minimum atomic E-state index is -2.28. The Morgan fingerprint density at radius 3 is 1.99 bits per heavy atom. The van der Waals surface area contributed by atoms with Crippen LogP contribution in [0.5, 0.6) is 5.75 Å². The van der Waals surface area contributed by atoms with Crippen LogP contribution in [0.4, 0.5) is 0 Å². The van der Waals surface area contributed by atoms with E-state index in [0.29, 0.717) is 29.6 Å². The highest BCUT2D eigenvalue weighted by atomic mass is 32.2. The molecule has 3 heterocycles. The summed E-state index contributed by atoms with van der Waals surface area (Å²) >= 11 is 0.936. The van der Waals surface area contributed by atoms with E-state index in [-0.39, 0.29) is 43.7 Å². The number of unbranched alkanes of at least 4 members (excludes halogenated alkanes) is 5. The maximum atomic E-state index is 14.7. The van der Waals surface area contributed by atoms with E-state index in [1.54, 1.807) is 30.3 Å². The van der Waals surface area contributed by atoms with Gasteiger partial charge in [0.2, 0.25) is 41.4 Å². The largest absolute Gasteiger partial charge is 0.508 e. The summed E-state index contributed by atoms with van der Waals surface area (Å²) < 4.78 is 0. The lowest BCUT2D eigenvalue weighted by Gasteiger charge is -2.35. The lowest BCUT2D eigenvalue weighted by molar-refractivity contribution is -0.148. The fourth-order valence-electron chi connectivity index (χ4n) is 10.6. The number of aliphatic hydroxyl groups is 7. The van der Waals surface area contributed by atoms with Gasteiger partial charge in [0.1, 0.15) is 59.6 Å². The molecule has 16 atom stereocenters. The van der Waals surface area contributed by atoms with Gasteiger partial charge in [-0.3, -0.25) is 33.6 Å². The molecule has 2 aromatic carbocycles. The third kappa shape index (κ3) is 18.5. The predicted octanol–water partition coefficient (Wildman–Crippen LogP) is -0.0679. The number of nitrogens with two attached hydrogens (primary N) is 1. The number of aromatic hydroxyl groups is 1. The highest BCUT2D eigenvalue weighted by Crippen LogP contribution is 2.30. The molecule has 2 aromatic rings. The van der Waals surface area contributed by atoms with Crippen molar-refractivity contribution in [1.29, 1.82) is 0 Å². The quantitative estimate of drug-likeness (QED) is 0.0687. The van der Waals surface area contributed by atoms with Crippen LogP contribution in [-0.4, -0.2) is 190 Å². The Hall–Kier alpha value is -5.44. The van der Waals surface area contributed by atoms with E-state index >= 15 is 0 Å². The maximum Gasteiger partial charge on any atom is 0.248 e. The zero-order chi connectivity index (χ0) is 58.8. The summed E-state index contributed by atoms with van der Waals surface area (Å²) in [5.41, 5.74) is 5.73. The Balaban J connectivity index is 1.52. The highest BCUT2D eigenvalue weighted by Gasteiger charge is 2.49. The third-order valence-electron chi connectivity index (χ3n) is 15.3. The lowest BCUT2D eigenvalue weighted by Crippen LogP contribution is -2.64. The topological polar surface area (TPSA) is 374 Å². The van der Waals surface area contributed by atoms with Crippen LogP contribution in [-0.2, 0) is 33.6 Å². The van der Waals surface area contributed by atoms with Crippen molar-refractivity contribution in [2.75, 3.05) is 19.6 Å². The molecule has 80 heavy (non-hydrogen) atoms. The first-order valence-electron chi connectivity index (χ1n) is 28.1. The standard InChI is InChI=1S/C56H86N8O15S/c1-5-31(2)27-32(3)15-11-8-6-7-9-14-18-43(71)58-38-29-42(70)54(80-37-16-12-10-13-17-37)62-53(77)47-41(69)24-26-63(47)56(79)45(40(68)23-25-57)60-52(76)46(49(73)48(72)34-19-21-35(66)22-20-34)61-51(75)39-28-36(67)30-64(39)55(78)44(33(4)65)59-50(38)74/h10,12-13,16-17,19-22,31-33,36,38-42,44-49,54,65-70,72-73H,5-9,11,14-15,18,23-30,57H2,1-4H3,(H,58,71)(H,59,74)(H,60,76)(H,61,75)(H,62,77)/t31-,32+,33+,36+,38-,39-,40+,41-,42+,44-,45-,46-,47-,48-,49-,54?/m0/s1. The summed E-state index contributed by atoms with van der Waals surface area (Å²) in [6.45, 7) is 6.85. The van der Waals surface area contributed by atoms with Gasteiger partial charge in [0, 0.05) is 37.2 Å². The number of phenolic OH excluding ortho intramolecular Hbond substituents is 1. The molecule has 7 amide bonds. The molecular weight excluding hydrogens is 1060 g/mol. The zero-order valence-corrected chi connectivity index (χ0v) is 47.1. The Labute approximate surface area is 472 Å². The number of hydrogen-bond donors (Lipinski definition) is 14. The molecule has 446 valence electrons. The Kier molecular flexibility index (Phi) is 25.9. The van der Waals surface area contributed by atoms with Gasteiger partial charge in [0.15, 0.2) is 0 Å². The van der Waals surface area contributed by atoms with Gasteiger partial charge >= 0.3 is 0 Å². The molecular formula is C56H86N8O15S. The van der Waals surface area contributed by atoms with Gasteiger partial charge in [-0.05, 0) is 80.8 Å². The number of rotatable bonds is 22. The molecule has 24 heteroatoms. The van der Waals surface area contributed by atoms with Crippen LogP contribution in [0.1, 0.15) is 129 Å². The van der Waals surface area contributed by atoms with Gasteiger partial charge in [-0.1, -0.05) is 108 Å². The summed E-state index contributed by atoms with van der Waals surface area (Å²) in [5.74, 6) is -6.32. The number of hydrogen-bond acceptors (Lipinski definition) is 17. The van der Waals surface area contributed by atoms with Crippen molar-refractivity contribution in [2.24, 2.45) is 17.6 Å². The van der Waals surface area contributed by atoms with Gasteiger partial charge in [-0.15, -0.1) is 0 Å². The molecule has 0 saturated carbocycles. The number of fused-ring (bicyclic) bond motifs is 2. The van der Waals surface area contributed by atoms with Crippen LogP contribution in [0.2, 0.25) is 0 Å². The summed E-state index contributed by atoms with van der Waals surface area (Å²) in [6.07, 6.45) is -5.32. The Morgan fingerprint density at radius 2 is 1.34 bits per heavy atom. The van der Waals surface area contributed by atoms with Gasteiger partial charge in [-0.25, -0.2) is 0 Å². The molecule has 3 aliphatic heterocycles. The van der Waals surface area contributed by atoms with E-state index in [9.17, 15) is 74.4 Å². The summed E-state index contributed by atoms with van der Waals surface area (Å²) in [7, 11) is 0. The number of aliphatic hydroxyl groups excluding tert-OH is 7. The van der Waals surface area contributed by atoms with Crippen LogP contribution in [0.25, 0.3) is 0 Å². The second kappa shape index (κ2) is 31.7. The number of carbonyl (C=O) groups is 7. The minimum absolute atomic E-state index is 0.0185. The van der Waals surface area contributed by atoms with Gasteiger partial charge < -0.3 is 83.0 Å². The molecule has 23 nitrogen and oxygen atoms in total. The summed E-state index contributed by atoms with van der Waals surface area (Å²) in [4.78, 5) is 104. The van der Waals surface area contributed by atoms with Crippen LogP contribution >= 0.6 is 11.8 Å². The van der Waals surface area contributed by atoms with E-state index in [0.717, 1.165) is 60.1 Å². The van der Waals surface area contributed by atoms with Crippen LogP contribution in [0.15, 0.2) is 59.5 Å². The van der Waals surface area contributed by atoms with Crippen molar-refractivity contribution in [2.45, 2.75) is 207 Å². The van der Waals surface area contributed by atoms with Crippen molar-refractivity contribution in [3.63, 3.8) is 0 Å². The molecule has 0 spiro atoms. The van der Waals surface area contributed by atoms with Crippen molar-refractivity contribution in [3.05, 3.63) is 60.2 Å². The van der Waals surface area contributed by atoms with E-state index in [1.807, 2.05) is 0 Å². The second-order valence-electron chi connectivity index (χ2n) is 21.9. The molecule has 15 N–H and O–H groups in total. The van der Waals surface area contributed by atoms with Crippen LogP contribution in [0.3, 0.4) is 0 Å². The number of amides is 7. The highest BCUT2D eigenvalue weighted by molar-refractivity contribution is 8.00.